The Labute approximate surface area is 427 Å². The first kappa shape index (κ1) is 47.3. The van der Waals surface area contributed by atoms with Crippen molar-refractivity contribution >= 4 is 20.9 Å². The summed E-state index contributed by atoms with van der Waals surface area (Å²) in [5.74, 6) is -0.497. The van der Waals surface area contributed by atoms with E-state index in [4.69, 9.17) is 4.18 Å². The van der Waals surface area contributed by atoms with Crippen molar-refractivity contribution < 1.29 is 25.8 Å². The van der Waals surface area contributed by atoms with E-state index in [0.717, 1.165) is 94.5 Å². The molecule has 0 bridgehead atoms. The molecule has 10 heteroatoms. The molecule has 0 spiro atoms. The van der Waals surface area contributed by atoms with Crippen LogP contribution < -0.4 is 4.18 Å². The quantitative estimate of drug-likeness (QED) is 0.0948. The SMILES string of the molecule is Cc1ccnc(-c2ccc(-c3ccccc3-c3cc(-c4ccccc4-c4ccc(-c5cc(C)ccn5)cc4)cc(-c4ccccc4-c4ccc(-c5cc6ccccc6cn5)cc4OS(=O)(=O)C(F)(F)F)c3)cc2)c1. The third-order valence-electron chi connectivity index (χ3n) is 13.1. The summed E-state index contributed by atoms with van der Waals surface area (Å²) in [6.45, 7) is 4.08. The Bertz CT molecular complexity index is 3880. The van der Waals surface area contributed by atoms with Crippen molar-refractivity contribution in [3.05, 3.63) is 242 Å². The summed E-state index contributed by atoms with van der Waals surface area (Å²) in [5.41, 5.74) is 10.6. The smallest absolute Gasteiger partial charge is 0.375 e. The van der Waals surface area contributed by atoms with Gasteiger partial charge in [-0.2, -0.15) is 21.6 Å². The Morgan fingerprint density at radius 3 is 1.23 bits per heavy atom. The second-order valence-corrected chi connectivity index (χ2v) is 19.7. The van der Waals surface area contributed by atoms with Gasteiger partial charge in [0.15, 0.2) is 5.75 Å². The number of hydrogen-bond acceptors (Lipinski definition) is 6. The van der Waals surface area contributed by atoms with Crippen LogP contribution >= 0.6 is 0 Å². The Kier molecular flexibility index (Phi) is 12.5. The van der Waals surface area contributed by atoms with Gasteiger partial charge in [0, 0.05) is 46.2 Å². The molecule has 0 N–H and O–H groups in total. The van der Waals surface area contributed by atoms with Gasteiger partial charge in [0.05, 0.1) is 17.1 Å². The van der Waals surface area contributed by atoms with Gasteiger partial charge in [0.2, 0.25) is 0 Å². The maximum absolute atomic E-state index is 14.2. The summed E-state index contributed by atoms with van der Waals surface area (Å²) >= 11 is 0. The maximum atomic E-state index is 14.2. The van der Waals surface area contributed by atoms with Crippen molar-refractivity contribution in [3.63, 3.8) is 0 Å². The third-order valence-corrected chi connectivity index (χ3v) is 14.1. The van der Waals surface area contributed by atoms with E-state index >= 15 is 0 Å². The zero-order valence-corrected chi connectivity index (χ0v) is 40.9. The monoisotopic (exact) mass is 991 g/mol. The summed E-state index contributed by atoms with van der Waals surface area (Å²) < 4.78 is 73.6. The van der Waals surface area contributed by atoms with Crippen LogP contribution in [0.4, 0.5) is 13.2 Å². The van der Waals surface area contributed by atoms with E-state index in [0.29, 0.717) is 22.4 Å². The minimum Gasteiger partial charge on any atom is -0.375 e. The van der Waals surface area contributed by atoms with Crippen LogP contribution in [-0.2, 0) is 10.1 Å². The molecule has 0 aliphatic carbocycles. The van der Waals surface area contributed by atoms with E-state index < -0.39 is 21.4 Å². The molecule has 0 aliphatic rings. The van der Waals surface area contributed by atoms with Crippen molar-refractivity contribution in [2.75, 3.05) is 0 Å². The number of benzene rings is 8. The highest BCUT2D eigenvalue weighted by Crippen LogP contribution is 2.45. The summed E-state index contributed by atoms with van der Waals surface area (Å²) in [6.07, 6.45) is 5.28. The standard InChI is InChI=1S/C64H44F3N3O3S/c1-41-29-31-68-60(33-41)45-23-19-43(20-24-45)53-13-5-7-15-55(53)50-35-51(56-16-8-6-14-54(56)44-21-25-46(26-22-44)61-34-42(2)30-32-69-61)37-52(36-50)57-17-9-10-18-58(57)59-28-27-48(39-63(59)73-74(71,72)64(65,66)67)62-38-47-11-3-4-12-49(47)40-70-62/h3-40H,1-2H3. The normalized spacial score (nSPS) is 11.7. The Morgan fingerprint density at radius 2 is 0.757 bits per heavy atom. The number of fused-ring (bicyclic) bond motifs is 1. The van der Waals surface area contributed by atoms with Crippen LogP contribution in [0.5, 0.6) is 5.75 Å². The second kappa shape index (κ2) is 19.6. The van der Waals surface area contributed by atoms with E-state index in [2.05, 4.69) is 118 Å². The molecule has 11 rings (SSSR count). The Balaban J connectivity index is 1.09. The number of pyridine rings is 3. The molecule has 0 atom stereocenters. The summed E-state index contributed by atoms with van der Waals surface area (Å²) in [7, 11) is -6.11. The minimum atomic E-state index is -6.11. The topological polar surface area (TPSA) is 82.0 Å². The minimum absolute atomic E-state index is 0.136. The van der Waals surface area contributed by atoms with Gasteiger partial charge < -0.3 is 4.18 Å². The lowest BCUT2D eigenvalue weighted by Crippen LogP contribution is -2.28. The molecular weight excluding hydrogens is 948 g/mol. The van der Waals surface area contributed by atoms with Crippen LogP contribution in [-0.4, -0.2) is 28.9 Å². The van der Waals surface area contributed by atoms with Crippen LogP contribution in [0.25, 0.3) is 111 Å². The lowest BCUT2D eigenvalue weighted by molar-refractivity contribution is -0.0499. The largest absolute Gasteiger partial charge is 0.534 e. The zero-order valence-electron chi connectivity index (χ0n) is 40.0. The van der Waals surface area contributed by atoms with Crippen molar-refractivity contribution in [3.8, 4) is 106 Å². The first-order valence-corrected chi connectivity index (χ1v) is 25.3. The molecule has 3 aromatic heterocycles. The van der Waals surface area contributed by atoms with Crippen molar-refractivity contribution in [2.24, 2.45) is 0 Å². The predicted molar refractivity (Wildman–Crippen MR) is 291 cm³/mol. The van der Waals surface area contributed by atoms with Gasteiger partial charge in [-0.15, -0.1) is 0 Å². The molecule has 6 nitrogen and oxygen atoms in total. The summed E-state index contributed by atoms with van der Waals surface area (Å²) in [5, 5.41) is 1.72. The molecular formula is C64H44F3N3O3S. The van der Waals surface area contributed by atoms with E-state index in [-0.39, 0.29) is 5.56 Å². The van der Waals surface area contributed by atoms with E-state index in [1.54, 1.807) is 36.5 Å². The molecule has 0 saturated carbocycles. The molecule has 74 heavy (non-hydrogen) atoms. The average molecular weight is 992 g/mol. The third kappa shape index (κ3) is 9.58. The van der Waals surface area contributed by atoms with Crippen molar-refractivity contribution in [1.82, 2.24) is 15.0 Å². The van der Waals surface area contributed by atoms with Gasteiger partial charge in [-0.25, -0.2) is 0 Å². The number of nitrogens with zero attached hydrogens (tertiary/aromatic N) is 3. The summed E-state index contributed by atoms with van der Waals surface area (Å²) in [4.78, 5) is 13.8. The van der Waals surface area contributed by atoms with Gasteiger partial charge in [0.1, 0.15) is 0 Å². The zero-order chi connectivity index (χ0) is 51.0. The molecule has 11 aromatic rings. The molecule has 0 amide bonds. The van der Waals surface area contributed by atoms with Crippen LogP contribution in [0.2, 0.25) is 0 Å². The molecule has 0 unspecified atom stereocenters. The van der Waals surface area contributed by atoms with E-state index in [1.807, 2.05) is 99.0 Å². The Morgan fingerprint density at radius 1 is 0.365 bits per heavy atom. The lowest BCUT2D eigenvalue weighted by atomic mass is 9.86. The second-order valence-electron chi connectivity index (χ2n) is 18.1. The average Bonchev–Trinajstić information content (AvgIpc) is 3.43. The van der Waals surface area contributed by atoms with Crippen molar-refractivity contribution in [1.29, 1.82) is 0 Å². The summed E-state index contributed by atoms with van der Waals surface area (Å²) in [6, 6.07) is 68.6. The fourth-order valence-corrected chi connectivity index (χ4v) is 9.91. The molecule has 0 fully saturated rings. The van der Waals surface area contributed by atoms with Crippen molar-refractivity contribution in [2.45, 2.75) is 19.4 Å². The van der Waals surface area contributed by atoms with E-state index in [1.165, 1.54) is 6.07 Å². The fourth-order valence-electron chi connectivity index (χ4n) is 9.45. The van der Waals surface area contributed by atoms with Gasteiger partial charge >= 0.3 is 15.6 Å². The first-order chi connectivity index (χ1) is 35.8. The molecule has 0 aliphatic heterocycles. The first-order valence-electron chi connectivity index (χ1n) is 23.9. The van der Waals surface area contributed by atoms with Gasteiger partial charge in [0.25, 0.3) is 0 Å². The van der Waals surface area contributed by atoms with Gasteiger partial charge in [-0.1, -0.05) is 152 Å². The Hall–Kier alpha value is -8.99. The number of halogens is 3. The van der Waals surface area contributed by atoms with Crippen LogP contribution in [0.15, 0.2) is 231 Å². The van der Waals surface area contributed by atoms with Gasteiger partial charge in [-0.05, 0) is 152 Å². The highest BCUT2D eigenvalue weighted by atomic mass is 32.2. The number of hydrogen-bond donors (Lipinski definition) is 0. The van der Waals surface area contributed by atoms with E-state index in [9.17, 15) is 21.6 Å². The predicted octanol–water partition coefficient (Wildman–Crippen LogP) is 16.9. The lowest BCUT2D eigenvalue weighted by Gasteiger charge is -2.19. The fraction of sp³-hybridized carbons (Fsp3) is 0.0469. The number of aryl methyl sites for hydroxylation is 2. The van der Waals surface area contributed by atoms with Crippen LogP contribution in [0, 0.1) is 13.8 Å². The molecule has 360 valence electrons. The highest BCUT2D eigenvalue weighted by Gasteiger charge is 2.49. The molecule has 0 radical (unpaired) electrons. The molecule has 8 aromatic carbocycles. The molecule has 3 heterocycles. The number of alkyl halides is 3. The number of aromatic nitrogens is 3. The van der Waals surface area contributed by atoms with Gasteiger partial charge in [-0.3, -0.25) is 15.0 Å². The highest BCUT2D eigenvalue weighted by molar-refractivity contribution is 7.88. The number of rotatable bonds is 11. The maximum Gasteiger partial charge on any atom is 0.534 e. The van der Waals surface area contributed by atoms with Crippen LogP contribution in [0.3, 0.4) is 0 Å². The molecule has 0 saturated heterocycles. The van der Waals surface area contributed by atoms with Crippen LogP contribution in [0.1, 0.15) is 11.1 Å².